The molecule has 2 aromatic carbocycles. The monoisotopic (exact) mass is 654 g/mol. The molecule has 6 atom stereocenters. The number of phenols is 1. The van der Waals surface area contributed by atoms with Crippen LogP contribution < -0.4 is 19.8 Å². The standard InChI is InChI=1S/C31H29BCl2N2O9/c1-35-28(40)30(33)14-20-18(8-9-19-24(20)27(39)36(26(19)38)17-6-4-5-16(13-17)32(42)43)21(31(30,34)29(35)41)10-7-15-11-22(44-2)25(37)23(12-15)45-3/h4-8,10-13,19-21,24,37,42-43H,9,14H2,1-3H3. The Morgan fingerprint density at radius 1 is 0.978 bits per heavy atom. The van der Waals surface area contributed by atoms with E-state index in [1.807, 2.05) is 0 Å². The SMILES string of the molecule is COc1cc(C=CC2C3=CCC4C(=O)N(c5cccc(B(O)O)c5)C(=O)C4C3CC3(Cl)C(=O)N(C)C(=O)C23Cl)cc(OC)c1O. The van der Waals surface area contributed by atoms with Crippen molar-refractivity contribution in [3.8, 4) is 17.2 Å². The van der Waals surface area contributed by atoms with Gasteiger partial charge in [-0.1, -0.05) is 35.9 Å². The molecule has 0 aromatic heterocycles. The first kappa shape index (κ1) is 31.2. The van der Waals surface area contributed by atoms with Gasteiger partial charge < -0.3 is 24.6 Å². The Balaban J connectivity index is 1.45. The normalized spacial score (nSPS) is 30.8. The number of hydrogen-bond donors (Lipinski definition) is 3. The van der Waals surface area contributed by atoms with Crippen molar-refractivity contribution >= 4 is 71.2 Å². The highest BCUT2D eigenvalue weighted by Gasteiger charge is 2.75. The maximum absolute atomic E-state index is 14.1. The van der Waals surface area contributed by atoms with Gasteiger partial charge in [0, 0.05) is 13.0 Å². The Morgan fingerprint density at radius 2 is 1.64 bits per heavy atom. The third kappa shape index (κ3) is 4.34. The fourth-order valence-corrected chi connectivity index (χ4v) is 8.26. The number of halogens is 2. The Bertz CT molecular complexity index is 1690. The molecule has 2 saturated heterocycles. The summed E-state index contributed by atoms with van der Waals surface area (Å²) < 4.78 is 10.5. The molecule has 11 nitrogen and oxygen atoms in total. The third-order valence-electron chi connectivity index (χ3n) is 9.48. The fourth-order valence-electron chi connectivity index (χ4n) is 7.29. The molecular weight excluding hydrogens is 626 g/mol. The van der Waals surface area contributed by atoms with Gasteiger partial charge in [0.05, 0.1) is 31.7 Å². The Hall–Kier alpha value is -3.84. The number of anilines is 1. The Kier molecular flexibility index (Phi) is 7.55. The second kappa shape index (κ2) is 10.9. The van der Waals surface area contributed by atoms with E-state index >= 15 is 0 Å². The van der Waals surface area contributed by atoms with Crippen LogP contribution in [0.5, 0.6) is 17.2 Å². The summed E-state index contributed by atoms with van der Waals surface area (Å²) in [6.45, 7) is 0. The van der Waals surface area contributed by atoms with Gasteiger partial charge in [-0.3, -0.25) is 29.0 Å². The molecule has 14 heteroatoms. The molecule has 1 saturated carbocycles. The van der Waals surface area contributed by atoms with Crippen LogP contribution in [0.2, 0.25) is 0 Å². The van der Waals surface area contributed by atoms with Crippen molar-refractivity contribution in [1.82, 2.24) is 4.90 Å². The molecule has 0 spiro atoms. The molecule has 2 aliphatic carbocycles. The maximum Gasteiger partial charge on any atom is 0.488 e. The van der Waals surface area contributed by atoms with Crippen LogP contribution in [0.1, 0.15) is 18.4 Å². The molecular formula is C31H29BCl2N2O9. The number of fused-ring (bicyclic) bond motifs is 4. The molecule has 6 unspecified atom stereocenters. The summed E-state index contributed by atoms with van der Waals surface area (Å²) in [5, 5.41) is 29.7. The lowest BCUT2D eigenvalue weighted by molar-refractivity contribution is -0.138. The minimum atomic E-state index is -1.94. The van der Waals surface area contributed by atoms with Crippen LogP contribution in [0.4, 0.5) is 5.69 Å². The number of rotatable bonds is 6. The highest BCUT2D eigenvalue weighted by atomic mass is 35.5. The molecule has 2 aliphatic heterocycles. The van der Waals surface area contributed by atoms with Crippen molar-refractivity contribution < 1.29 is 43.8 Å². The molecule has 3 fully saturated rings. The lowest BCUT2D eigenvalue weighted by Crippen LogP contribution is -2.60. The molecule has 2 heterocycles. The number of ether oxygens (including phenoxy) is 2. The zero-order chi connectivity index (χ0) is 32.6. The number of nitrogens with zero attached hydrogens (tertiary/aromatic N) is 2. The highest BCUT2D eigenvalue weighted by molar-refractivity contribution is 6.58. The minimum Gasteiger partial charge on any atom is -0.502 e. The maximum atomic E-state index is 14.1. The molecule has 45 heavy (non-hydrogen) atoms. The van der Waals surface area contributed by atoms with Crippen molar-refractivity contribution in [3.05, 3.63) is 59.7 Å². The topological polar surface area (TPSA) is 154 Å². The van der Waals surface area contributed by atoms with Crippen molar-refractivity contribution in [1.29, 1.82) is 0 Å². The fraction of sp³-hybridized carbons (Fsp3) is 0.355. The first-order valence-electron chi connectivity index (χ1n) is 14.2. The smallest absolute Gasteiger partial charge is 0.488 e. The van der Waals surface area contributed by atoms with Crippen molar-refractivity contribution in [3.63, 3.8) is 0 Å². The Morgan fingerprint density at radius 3 is 2.27 bits per heavy atom. The summed E-state index contributed by atoms with van der Waals surface area (Å²) in [4.78, 5) is 53.1. The van der Waals surface area contributed by atoms with Gasteiger partial charge in [0.25, 0.3) is 11.8 Å². The number of allylic oxidation sites excluding steroid dienone is 3. The van der Waals surface area contributed by atoms with Gasteiger partial charge in [-0.05, 0) is 54.1 Å². The van der Waals surface area contributed by atoms with E-state index in [4.69, 9.17) is 32.7 Å². The minimum absolute atomic E-state index is 0.108. The summed E-state index contributed by atoms with van der Waals surface area (Å²) >= 11 is 14.3. The molecule has 234 valence electrons. The van der Waals surface area contributed by atoms with Crippen LogP contribution >= 0.6 is 23.2 Å². The summed E-state index contributed by atoms with van der Waals surface area (Å²) in [5.74, 6) is -5.64. The van der Waals surface area contributed by atoms with Crippen LogP contribution in [0.15, 0.2) is 54.1 Å². The summed E-state index contributed by atoms with van der Waals surface area (Å²) in [7, 11) is 2.28. The van der Waals surface area contributed by atoms with E-state index < -0.39 is 64.2 Å². The van der Waals surface area contributed by atoms with E-state index in [1.54, 1.807) is 30.4 Å². The highest BCUT2D eigenvalue weighted by Crippen LogP contribution is 2.63. The molecule has 0 bridgehead atoms. The number of aromatic hydroxyl groups is 1. The van der Waals surface area contributed by atoms with Gasteiger partial charge in [-0.2, -0.15) is 0 Å². The number of amides is 4. The second-order valence-corrected chi connectivity index (χ2v) is 12.9. The average molecular weight is 655 g/mol. The predicted octanol–water partition coefficient (Wildman–Crippen LogP) is 1.83. The van der Waals surface area contributed by atoms with Crippen LogP contribution in [0.3, 0.4) is 0 Å². The van der Waals surface area contributed by atoms with E-state index in [0.717, 1.165) is 9.80 Å². The largest absolute Gasteiger partial charge is 0.502 e. The zero-order valence-corrected chi connectivity index (χ0v) is 26.0. The molecule has 4 amide bonds. The van der Waals surface area contributed by atoms with E-state index in [2.05, 4.69) is 0 Å². The van der Waals surface area contributed by atoms with Gasteiger partial charge in [-0.25, -0.2) is 0 Å². The van der Waals surface area contributed by atoms with E-state index in [9.17, 15) is 34.3 Å². The number of methoxy groups -OCH3 is 2. The number of carbonyl (C=O) groups is 4. The zero-order valence-electron chi connectivity index (χ0n) is 24.4. The number of carbonyl (C=O) groups excluding carboxylic acids is 4. The Labute approximate surface area is 268 Å². The number of hydrogen-bond acceptors (Lipinski definition) is 9. The van der Waals surface area contributed by atoms with Gasteiger partial charge in [-0.15, -0.1) is 23.2 Å². The van der Waals surface area contributed by atoms with Gasteiger partial charge >= 0.3 is 7.12 Å². The molecule has 3 N–H and O–H groups in total. The van der Waals surface area contributed by atoms with Gasteiger partial charge in [0.2, 0.25) is 17.6 Å². The van der Waals surface area contributed by atoms with Crippen LogP contribution in [-0.4, -0.2) is 81.8 Å². The van der Waals surface area contributed by atoms with Crippen LogP contribution in [0.25, 0.3) is 6.08 Å². The number of benzene rings is 2. The lowest BCUT2D eigenvalue weighted by atomic mass is 9.57. The van der Waals surface area contributed by atoms with E-state index in [-0.39, 0.29) is 41.2 Å². The summed E-state index contributed by atoms with van der Waals surface area (Å²) in [6.07, 6.45) is 5.10. The number of likely N-dealkylation sites (tertiary alicyclic amines) is 1. The molecule has 6 rings (SSSR count). The van der Waals surface area contributed by atoms with Crippen LogP contribution in [-0.2, 0) is 19.2 Å². The van der Waals surface area contributed by atoms with Gasteiger partial charge in [0.15, 0.2) is 21.2 Å². The summed E-state index contributed by atoms with van der Waals surface area (Å²) in [6, 6.07) is 8.97. The lowest BCUT2D eigenvalue weighted by Gasteiger charge is -2.49. The average Bonchev–Trinajstić information content (AvgIpc) is 3.35. The van der Waals surface area contributed by atoms with Crippen molar-refractivity contribution in [2.24, 2.45) is 23.7 Å². The number of imide groups is 2. The molecule has 0 radical (unpaired) electrons. The number of alkyl halides is 2. The first-order chi connectivity index (χ1) is 21.3. The molecule has 4 aliphatic rings. The second-order valence-electron chi connectivity index (χ2n) is 11.7. The van der Waals surface area contributed by atoms with E-state index in [1.165, 1.54) is 45.5 Å². The van der Waals surface area contributed by atoms with Crippen LogP contribution in [0, 0.1) is 23.7 Å². The number of phenolic OH excluding ortho intramolecular Hbond substituents is 1. The van der Waals surface area contributed by atoms with Crippen molar-refractivity contribution in [2.75, 3.05) is 26.2 Å². The quantitative estimate of drug-likeness (QED) is 0.183. The first-order valence-corrected chi connectivity index (χ1v) is 14.9. The van der Waals surface area contributed by atoms with Crippen molar-refractivity contribution in [2.45, 2.75) is 22.6 Å². The van der Waals surface area contributed by atoms with E-state index in [0.29, 0.717) is 11.1 Å². The third-order valence-corrected chi connectivity index (χ3v) is 10.9. The molecule has 2 aromatic rings. The predicted molar refractivity (Wildman–Crippen MR) is 165 cm³/mol. The van der Waals surface area contributed by atoms with Gasteiger partial charge in [0.1, 0.15) is 0 Å². The summed E-state index contributed by atoms with van der Waals surface area (Å²) in [5.41, 5.74) is 1.42.